The van der Waals surface area contributed by atoms with Crippen molar-refractivity contribution in [3.8, 4) is 0 Å². The summed E-state index contributed by atoms with van der Waals surface area (Å²) in [6, 6.07) is 9.43. The number of rotatable bonds is 4. The van der Waals surface area contributed by atoms with E-state index < -0.39 is 12.1 Å². The summed E-state index contributed by atoms with van der Waals surface area (Å²) in [7, 11) is 0. The van der Waals surface area contributed by atoms with Crippen molar-refractivity contribution in [2.75, 3.05) is 49.5 Å². The lowest BCUT2D eigenvalue weighted by molar-refractivity contribution is -0.192. The molecule has 2 aliphatic rings. The van der Waals surface area contributed by atoms with Crippen LogP contribution >= 0.6 is 0 Å². The number of halogens is 3. The van der Waals surface area contributed by atoms with Crippen LogP contribution in [0, 0.1) is 10.8 Å². The molecule has 15 heteroatoms. The predicted octanol–water partition coefficient (Wildman–Crippen LogP) is 2.16. The number of aliphatic carboxylic acids is 1. The van der Waals surface area contributed by atoms with E-state index in [-0.39, 0.29) is 23.6 Å². The molecule has 1 fully saturated rings. The lowest BCUT2D eigenvalue weighted by atomic mass is 10.0. The first-order chi connectivity index (χ1) is 18.3. The molecule has 0 saturated carbocycles. The highest BCUT2D eigenvalue weighted by atomic mass is 19.4. The van der Waals surface area contributed by atoms with Gasteiger partial charge in [0.1, 0.15) is 0 Å². The van der Waals surface area contributed by atoms with Gasteiger partial charge in [0.25, 0.3) is 5.91 Å². The van der Waals surface area contributed by atoms with Crippen molar-refractivity contribution in [2.24, 2.45) is 11.5 Å². The Bertz CT molecular complexity index is 1230. The Morgan fingerprint density at radius 2 is 1.56 bits per heavy atom. The normalized spacial score (nSPS) is 15.6. The number of piperazine rings is 1. The van der Waals surface area contributed by atoms with Gasteiger partial charge in [-0.15, -0.1) is 0 Å². The van der Waals surface area contributed by atoms with Crippen LogP contribution in [0.25, 0.3) is 5.57 Å². The van der Waals surface area contributed by atoms with Gasteiger partial charge in [0.15, 0.2) is 17.7 Å². The maximum atomic E-state index is 12.6. The third-order valence-electron chi connectivity index (χ3n) is 6.10. The number of carboxylic acids is 1. The minimum Gasteiger partial charge on any atom is -0.475 e. The van der Waals surface area contributed by atoms with Crippen molar-refractivity contribution < 1.29 is 32.3 Å². The zero-order valence-electron chi connectivity index (χ0n) is 20.8. The number of alkyl halides is 3. The standard InChI is InChI=1S/C22H28N8O2.C2HF3O2/c23-21(24)29-7-5-15(6-8-29)16-13-19(32-14-16)20(31)27-17-1-3-18(4-2-17)28-9-11-30(12-10-28)22(25)26;3-2(4,5)1(6)7/h1-5,13-14H,6-12H2,(H3,23,24)(H3,25,26)(H,27,31);(H,6,7). The summed E-state index contributed by atoms with van der Waals surface area (Å²) in [4.78, 5) is 27.4. The highest BCUT2D eigenvalue weighted by Gasteiger charge is 2.38. The van der Waals surface area contributed by atoms with Crippen LogP contribution in [0.5, 0.6) is 0 Å². The van der Waals surface area contributed by atoms with E-state index in [2.05, 4.69) is 10.2 Å². The number of furan rings is 1. The Kier molecular flexibility index (Phi) is 9.06. The molecule has 1 saturated heterocycles. The fourth-order valence-electron chi connectivity index (χ4n) is 3.93. The van der Waals surface area contributed by atoms with Crippen molar-refractivity contribution in [1.29, 1.82) is 10.8 Å². The largest absolute Gasteiger partial charge is 0.490 e. The highest BCUT2D eigenvalue weighted by molar-refractivity contribution is 6.02. The van der Waals surface area contributed by atoms with Gasteiger partial charge in [0, 0.05) is 56.2 Å². The monoisotopic (exact) mass is 550 g/mol. The molecule has 210 valence electrons. The van der Waals surface area contributed by atoms with Crippen molar-refractivity contribution in [3.63, 3.8) is 0 Å². The van der Waals surface area contributed by atoms with Crippen LogP contribution in [0.4, 0.5) is 24.5 Å². The molecule has 0 aliphatic carbocycles. The third kappa shape index (κ3) is 7.90. The first kappa shape index (κ1) is 28.9. The van der Waals surface area contributed by atoms with E-state index in [0.717, 1.165) is 49.4 Å². The molecule has 0 spiro atoms. The van der Waals surface area contributed by atoms with Gasteiger partial charge in [-0.1, -0.05) is 6.08 Å². The Morgan fingerprint density at radius 1 is 0.974 bits per heavy atom. The number of carbonyl (C=O) groups is 2. The molecule has 0 bridgehead atoms. The number of carboxylic acid groups (broad SMARTS) is 1. The van der Waals surface area contributed by atoms with Gasteiger partial charge in [-0.2, -0.15) is 13.2 Å². The highest BCUT2D eigenvalue weighted by Crippen LogP contribution is 2.25. The summed E-state index contributed by atoms with van der Waals surface area (Å²) in [6.07, 6.45) is -0.747. The average Bonchev–Trinajstić information content (AvgIpc) is 3.40. The molecule has 39 heavy (non-hydrogen) atoms. The van der Waals surface area contributed by atoms with Crippen molar-refractivity contribution in [1.82, 2.24) is 9.80 Å². The van der Waals surface area contributed by atoms with Crippen LogP contribution in [0.15, 0.2) is 47.1 Å². The molecule has 12 nitrogen and oxygen atoms in total. The molecule has 4 rings (SSSR count). The number of nitrogens with one attached hydrogen (secondary N) is 3. The molecule has 0 unspecified atom stereocenters. The SMILES string of the molecule is N=C(N)N1CC=C(c2coc(C(=O)Nc3ccc(N4CCN(C(=N)N)CC4)cc3)c2)CC1.O=C(O)C(F)(F)F. The number of nitrogens with zero attached hydrogens (tertiary/aromatic N) is 3. The van der Waals surface area contributed by atoms with E-state index in [0.29, 0.717) is 18.8 Å². The number of carbonyl (C=O) groups excluding carboxylic acids is 1. The van der Waals surface area contributed by atoms with Crippen LogP contribution in [-0.4, -0.2) is 84.1 Å². The summed E-state index contributed by atoms with van der Waals surface area (Å²) in [5, 5.41) is 25.0. The van der Waals surface area contributed by atoms with Gasteiger partial charge in [0.2, 0.25) is 0 Å². The molecule has 0 atom stereocenters. The Labute approximate surface area is 221 Å². The Hall–Kier alpha value is -4.69. The number of nitrogens with two attached hydrogens (primary N) is 2. The number of hydrogen-bond acceptors (Lipinski definition) is 6. The topological polar surface area (TPSA) is 189 Å². The number of anilines is 2. The summed E-state index contributed by atoms with van der Waals surface area (Å²) in [5.74, 6) is -2.63. The van der Waals surface area contributed by atoms with Gasteiger partial charge >= 0.3 is 12.1 Å². The minimum absolute atomic E-state index is 0.0666. The first-order valence-electron chi connectivity index (χ1n) is 11.8. The fraction of sp³-hybridized carbons (Fsp3) is 0.333. The smallest absolute Gasteiger partial charge is 0.475 e. The summed E-state index contributed by atoms with van der Waals surface area (Å²) in [6.45, 7) is 4.27. The fourth-order valence-corrected chi connectivity index (χ4v) is 3.93. The maximum absolute atomic E-state index is 12.6. The van der Waals surface area contributed by atoms with Gasteiger partial charge in [-0.3, -0.25) is 15.6 Å². The summed E-state index contributed by atoms with van der Waals surface area (Å²) < 4.78 is 37.2. The Balaban J connectivity index is 0.000000532. The lowest BCUT2D eigenvalue weighted by Gasteiger charge is -2.36. The van der Waals surface area contributed by atoms with Crippen molar-refractivity contribution >= 4 is 40.7 Å². The zero-order chi connectivity index (χ0) is 28.7. The second-order valence-electron chi connectivity index (χ2n) is 8.67. The van der Waals surface area contributed by atoms with Crippen LogP contribution in [-0.2, 0) is 4.79 Å². The van der Waals surface area contributed by atoms with Gasteiger partial charge < -0.3 is 41.0 Å². The predicted molar refractivity (Wildman–Crippen MR) is 139 cm³/mol. The third-order valence-corrected chi connectivity index (χ3v) is 6.10. The van der Waals surface area contributed by atoms with E-state index in [9.17, 15) is 18.0 Å². The molecule has 1 aromatic heterocycles. The molecule has 0 radical (unpaired) electrons. The molecule has 1 aromatic carbocycles. The molecular formula is C24H29F3N8O4. The van der Waals surface area contributed by atoms with Crippen molar-refractivity contribution in [2.45, 2.75) is 12.6 Å². The van der Waals surface area contributed by atoms with Crippen molar-refractivity contribution in [3.05, 3.63) is 54.0 Å². The second-order valence-corrected chi connectivity index (χ2v) is 8.67. The average molecular weight is 551 g/mol. The number of amides is 1. The zero-order valence-corrected chi connectivity index (χ0v) is 20.8. The molecule has 2 aliphatic heterocycles. The van der Waals surface area contributed by atoms with Gasteiger partial charge in [-0.05, 0) is 42.3 Å². The van der Waals surface area contributed by atoms with Crippen LogP contribution in [0.3, 0.4) is 0 Å². The second kappa shape index (κ2) is 12.2. The van der Waals surface area contributed by atoms with E-state index in [1.165, 1.54) is 0 Å². The van der Waals surface area contributed by atoms with E-state index in [4.69, 9.17) is 36.6 Å². The van der Waals surface area contributed by atoms with Crippen LogP contribution in [0.2, 0.25) is 0 Å². The van der Waals surface area contributed by atoms with Gasteiger partial charge in [0.05, 0.1) is 6.26 Å². The summed E-state index contributed by atoms with van der Waals surface area (Å²) in [5.41, 5.74) is 14.8. The quantitative estimate of drug-likeness (QED) is 0.245. The number of hydrogen-bond donors (Lipinski definition) is 6. The lowest BCUT2D eigenvalue weighted by Crippen LogP contribution is -2.50. The summed E-state index contributed by atoms with van der Waals surface area (Å²) >= 11 is 0. The molecule has 3 heterocycles. The maximum Gasteiger partial charge on any atom is 0.490 e. The molecular weight excluding hydrogens is 521 g/mol. The molecule has 1 amide bonds. The van der Waals surface area contributed by atoms with Crippen LogP contribution in [0.1, 0.15) is 22.5 Å². The van der Waals surface area contributed by atoms with Crippen LogP contribution < -0.4 is 21.7 Å². The number of guanidine groups is 2. The molecule has 2 aromatic rings. The van der Waals surface area contributed by atoms with E-state index in [1.54, 1.807) is 17.2 Å². The Morgan fingerprint density at radius 3 is 2.05 bits per heavy atom. The number of benzene rings is 1. The minimum atomic E-state index is -5.08. The molecule has 8 N–H and O–H groups in total. The van der Waals surface area contributed by atoms with E-state index in [1.807, 2.05) is 35.2 Å². The van der Waals surface area contributed by atoms with E-state index >= 15 is 0 Å². The van der Waals surface area contributed by atoms with Gasteiger partial charge in [-0.25, -0.2) is 4.79 Å². The first-order valence-corrected chi connectivity index (χ1v) is 11.8.